The summed E-state index contributed by atoms with van der Waals surface area (Å²) in [6.45, 7) is 0. The molecule has 32 heavy (non-hydrogen) atoms. The van der Waals surface area contributed by atoms with Gasteiger partial charge in [-0.2, -0.15) is 0 Å². The van der Waals surface area contributed by atoms with Crippen molar-refractivity contribution in [2.75, 3.05) is 6.26 Å². The fourth-order valence-electron chi connectivity index (χ4n) is 4.12. The first-order valence-corrected chi connectivity index (χ1v) is 15.2. The minimum atomic E-state index is -2.14. The summed E-state index contributed by atoms with van der Waals surface area (Å²) in [6, 6.07) is 43.7. The van der Waals surface area contributed by atoms with E-state index in [0.717, 1.165) is 0 Å². The van der Waals surface area contributed by atoms with E-state index >= 15 is 0 Å². The molecule has 0 spiro atoms. The minimum absolute atomic E-state index is 0.194. The molecule has 156 valence electrons. The molecule has 0 saturated carbocycles. The molecule has 0 aliphatic carbocycles. The fourth-order valence-corrected chi connectivity index (χ4v) is 12.8. The van der Waals surface area contributed by atoms with Gasteiger partial charge in [0.25, 0.3) is 0 Å². The summed E-state index contributed by atoms with van der Waals surface area (Å²) in [5.74, 6) is 0. The summed E-state index contributed by atoms with van der Waals surface area (Å²) in [7, 11) is -2.14. The molecule has 0 aliphatic heterocycles. The molecule has 4 heteroatoms. The third-order valence-electron chi connectivity index (χ3n) is 5.53. The number of nitrogens with zero attached hydrogens (tertiary/aromatic N) is 1. The van der Waals surface area contributed by atoms with Crippen molar-refractivity contribution in [2.24, 2.45) is 0 Å². The van der Waals surface area contributed by atoms with Gasteiger partial charge in [0.15, 0.2) is 0 Å². The summed E-state index contributed by atoms with van der Waals surface area (Å²) in [6.07, 6.45) is 2.20. The Morgan fingerprint density at radius 3 is 1.41 bits per heavy atom. The molecule has 5 aromatic rings. The second kappa shape index (κ2) is 9.61. The first-order chi connectivity index (χ1) is 15.8. The summed E-state index contributed by atoms with van der Waals surface area (Å²) in [4.78, 5) is 5.46. The summed E-state index contributed by atoms with van der Waals surface area (Å²) >= 11 is 2.06. The van der Waals surface area contributed by atoms with E-state index in [2.05, 4.69) is 128 Å². The van der Waals surface area contributed by atoms with Crippen LogP contribution in [0, 0.1) is 0 Å². The molecule has 0 N–H and O–H groups in total. The molecule has 0 unspecified atom stereocenters. The number of hydrogen-bond donors (Lipinski definition) is 0. The Balaban J connectivity index is 1.89. The summed E-state index contributed by atoms with van der Waals surface area (Å²) in [5, 5.41) is 4.06. The Kier molecular flexibility index (Phi) is 6.44. The van der Waals surface area contributed by atoms with Crippen molar-refractivity contribution in [3.05, 3.63) is 121 Å². The second-order valence-electron chi connectivity index (χ2n) is 7.38. The van der Waals surface area contributed by atoms with Gasteiger partial charge in [0.2, 0.25) is 0 Å². The Hall–Kier alpha value is -2.41. The van der Waals surface area contributed by atoms with E-state index in [-0.39, 0.29) is 14.5 Å². The van der Waals surface area contributed by atoms with Crippen LogP contribution in [-0.2, 0) is 0 Å². The molecule has 1 heterocycles. The van der Waals surface area contributed by atoms with E-state index in [4.69, 9.17) is 4.98 Å². The quantitative estimate of drug-likeness (QED) is 0.176. The van der Waals surface area contributed by atoms with Gasteiger partial charge >= 0.3 is 201 Å². The van der Waals surface area contributed by atoms with Crippen LogP contribution in [0.3, 0.4) is 0 Å². The maximum atomic E-state index is 5.46. The molecule has 0 atom stereocenters. The topological polar surface area (TPSA) is 12.9 Å². The number of rotatable bonds is 6. The van der Waals surface area contributed by atoms with Crippen molar-refractivity contribution in [1.29, 1.82) is 0 Å². The zero-order valence-electron chi connectivity index (χ0n) is 17.8. The van der Waals surface area contributed by atoms with Gasteiger partial charge in [-0.15, -0.1) is 0 Å². The first kappa shape index (κ1) is 21.4. The summed E-state index contributed by atoms with van der Waals surface area (Å²) < 4.78 is 2.66. The van der Waals surface area contributed by atoms with Crippen LogP contribution in [0.2, 0.25) is 0 Å². The van der Waals surface area contributed by atoms with Gasteiger partial charge in [0.05, 0.1) is 0 Å². The van der Waals surface area contributed by atoms with Gasteiger partial charge in [-0.05, 0) is 0 Å². The summed E-state index contributed by atoms with van der Waals surface area (Å²) in [5.41, 5.74) is 2.51. The number of thioether (sulfide) groups is 1. The van der Waals surface area contributed by atoms with Gasteiger partial charge in [-0.25, -0.2) is 0 Å². The molecular formula is C28H23NPSSe+. The van der Waals surface area contributed by atoms with Gasteiger partial charge in [-0.1, -0.05) is 0 Å². The van der Waals surface area contributed by atoms with Crippen molar-refractivity contribution in [3.63, 3.8) is 0 Å². The second-order valence-corrected chi connectivity index (χ2v) is 14.2. The van der Waals surface area contributed by atoms with Crippen LogP contribution in [0.5, 0.6) is 0 Å². The van der Waals surface area contributed by atoms with Crippen molar-refractivity contribution in [3.8, 4) is 10.1 Å². The van der Waals surface area contributed by atoms with Crippen LogP contribution < -0.4 is 21.3 Å². The molecule has 0 fully saturated rings. The molecule has 0 saturated heterocycles. The van der Waals surface area contributed by atoms with Crippen LogP contribution in [-0.4, -0.2) is 25.7 Å². The van der Waals surface area contributed by atoms with E-state index in [1.54, 1.807) is 0 Å². The van der Waals surface area contributed by atoms with Gasteiger partial charge in [-0.3, -0.25) is 0 Å². The molecule has 0 amide bonds. The molecule has 4 aromatic carbocycles. The number of benzene rings is 4. The van der Waals surface area contributed by atoms with Gasteiger partial charge in [0, 0.05) is 0 Å². The molecule has 1 aromatic heterocycles. The molecule has 5 rings (SSSR count). The normalized spacial score (nSPS) is 11.4. The number of aromatic nitrogens is 1. The van der Waals surface area contributed by atoms with E-state index in [1.807, 2.05) is 11.8 Å². The Morgan fingerprint density at radius 1 is 0.594 bits per heavy atom. The van der Waals surface area contributed by atoms with Crippen LogP contribution >= 0.6 is 19.0 Å². The zero-order valence-corrected chi connectivity index (χ0v) is 21.2. The van der Waals surface area contributed by atoms with Gasteiger partial charge in [0.1, 0.15) is 0 Å². The van der Waals surface area contributed by atoms with Crippen LogP contribution in [0.1, 0.15) is 0 Å². The molecular weight excluding hydrogens is 492 g/mol. The molecule has 1 nitrogen and oxygen atoms in total. The monoisotopic (exact) mass is 516 g/mol. The standard InChI is InChI=1S/C28H23NPSSe/c1-31-28-26(29-27(32-28)22-14-6-2-7-15-22)30(23-16-8-3-9-17-23,24-18-10-4-11-19-24)25-20-12-5-13-21-25/h2-21H,1H3/q+1. The first-order valence-electron chi connectivity index (χ1n) is 10.5. The van der Waals surface area contributed by atoms with E-state index in [1.165, 1.54) is 35.2 Å². The van der Waals surface area contributed by atoms with E-state index in [9.17, 15) is 0 Å². The molecule has 0 radical (unpaired) electrons. The Bertz CT molecular complexity index is 1190. The zero-order chi connectivity index (χ0) is 21.8. The van der Waals surface area contributed by atoms with E-state index in [0.29, 0.717) is 0 Å². The average Bonchev–Trinajstić information content (AvgIpc) is 3.32. The average molecular weight is 516 g/mol. The van der Waals surface area contributed by atoms with Gasteiger partial charge < -0.3 is 0 Å². The maximum absolute atomic E-state index is 5.46. The van der Waals surface area contributed by atoms with Crippen LogP contribution in [0.4, 0.5) is 0 Å². The van der Waals surface area contributed by atoms with Crippen molar-refractivity contribution >= 4 is 54.9 Å². The van der Waals surface area contributed by atoms with Crippen LogP contribution in [0.15, 0.2) is 125 Å². The molecule has 0 bridgehead atoms. The third-order valence-corrected chi connectivity index (χ3v) is 14.1. The number of hydrogen-bond acceptors (Lipinski definition) is 2. The Labute approximate surface area is 200 Å². The molecule has 0 aliphatic rings. The Morgan fingerprint density at radius 2 is 1.00 bits per heavy atom. The SMILES string of the molecule is CSc1[se]c(-c2ccccc2)nc1[P+](c1ccccc1)(c1ccccc1)c1ccccc1. The van der Waals surface area contributed by atoms with Crippen molar-refractivity contribution in [2.45, 2.75) is 3.77 Å². The van der Waals surface area contributed by atoms with E-state index < -0.39 is 7.26 Å². The predicted molar refractivity (Wildman–Crippen MR) is 143 cm³/mol. The predicted octanol–water partition coefficient (Wildman–Crippen LogP) is 5.15. The fraction of sp³-hybridized carbons (Fsp3) is 0.0357. The van der Waals surface area contributed by atoms with Crippen LogP contribution in [0.25, 0.3) is 10.1 Å². The third kappa shape index (κ3) is 3.81. The van der Waals surface area contributed by atoms with Crippen molar-refractivity contribution < 1.29 is 0 Å². The van der Waals surface area contributed by atoms with Crippen molar-refractivity contribution in [1.82, 2.24) is 4.98 Å².